The maximum absolute atomic E-state index is 12.7. The van der Waals surface area contributed by atoms with Crippen LogP contribution in [0, 0.1) is 13.8 Å². The maximum Gasteiger partial charge on any atom is 0.239 e. The molecule has 26 heavy (non-hydrogen) atoms. The summed E-state index contributed by atoms with van der Waals surface area (Å²) in [6.45, 7) is 3.55. The van der Waals surface area contributed by atoms with E-state index < -0.39 is 26.7 Å². The molecule has 2 aromatic rings. The molecule has 1 amide bonds. The number of rotatable bonds is 5. The van der Waals surface area contributed by atoms with E-state index in [4.69, 9.17) is 0 Å². The molecule has 140 valence electrons. The third-order valence-corrected chi connectivity index (χ3v) is 7.33. The smallest absolute Gasteiger partial charge is 0.239 e. The minimum atomic E-state index is -3.46. The molecule has 1 aromatic heterocycles. The summed E-state index contributed by atoms with van der Waals surface area (Å²) in [5.74, 6) is -0.562. The fraction of sp³-hybridized carbons (Fsp3) is 0.474. The van der Waals surface area contributed by atoms with Crippen LogP contribution in [0.25, 0.3) is 0 Å². The Kier molecular flexibility index (Phi) is 5.46. The van der Waals surface area contributed by atoms with Gasteiger partial charge in [0.1, 0.15) is 5.75 Å². The van der Waals surface area contributed by atoms with Gasteiger partial charge in [-0.2, -0.15) is 5.10 Å². The summed E-state index contributed by atoms with van der Waals surface area (Å²) in [4.78, 5) is 12.2. The summed E-state index contributed by atoms with van der Waals surface area (Å²) >= 11 is 0. The topological polar surface area (TPSA) is 91.9 Å². The number of carbonyl (C=O) groups is 1. The van der Waals surface area contributed by atoms with E-state index in [1.54, 1.807) is 13.8 Å². The first-order chi connectivity index (χ1) is 12.4. The molecule has 0 bridgehead atoms. The number of sulfone groups is 1. The van der Waals surface area contributed by atoms with Gasteiger partial charge in [0.25, 0.3) is 0 Å². The predicted octanol–water partition coefficient (Wildman–Crippen LogP) is 3.11. The molecule has 1 heterocycles. The van der Waals surface area contributed by atoms with Gasteiger partial charge < -0.3 is 5.32 Å². The predicted molar refractivity (Wildman–Crippen MR) is 102 cm³/mol. The zero-order chi connectivity index (χ0) is 18.7. The molecule has 3 rings (SSSR count). The van der Waals surface area contributed by atoms with E-state index in [-0.39, 0.29) is 0 Å². The molecule has 0 unspecified atom stereocenters. The lowest BCUT2D eigenvalue weighted by Crippen LogP contribution is -2.33. The summed E-state index contributed by atoms with van der Waals surface area (Å²) in [6.07, 6.45) is 2.91. The number of anilines is 1. The molecule has 2 N–H and O–H groups in total. The van der Waals surface area contributed by atoms with Crippen molar-refractivity contribution in [2.75, 3.05) is 11.1 Å². The van der Waals surface area contributed by atoms with Gasteiger partial charge in [-0.05, 0) is 51.0 Å². The van der Waals surface area contributed by atoms with E-state index in [9.17, 15) is 13.2 Å². The van der Waals surface area contributed by atoms with Gasteiger partial charge in [-0.1, -0.05) is 30.3 Å². The Balaban J connectivity index is 1.58. The average Bonchev–Trinajstić information content (AvgIpc) is 2.94. The van der Waals surface area contributed by atoms with Gasteiger partial charge in [0.2, 0.25) is 5.91 Å². The third-order valence-electron chi connectivity index (χ3n) is 5.18. The molecule has 0 atom stereocenters. The number of H-pyrrole nitrogens is 1. The number of hydrogen-bond donors (Lipinski definition) is 2. The van der Waals surface area contributed by atoms with Gasteiger partial charge in [0.05, 0.1) is 22.3 Å². The van der Waals surface area contributed by atoms with Gasteiger partial charge in [-0.3, -0.25) is 9.89 Å². The van der Waals surface area contributed by atoms with Crippen molar-refractivity contribution in [2.24, 2.45) is 0 Å². The van der Waals surface area contributed by atoms with Crippen molar-refractivity contribution in [1.29, 1.82) is 0 Å². The molecule has 1 saturated carbocycles. The Bertz CT molecular complexity index is 847. The van der Waals surface area contributed by atoms with Crippen LogP contribution in [-0.4, -0.2) is 35.5 Å². The largest absolute Gasteiger partial charge is 0.322 e. The lowest BCUT2D eigenvalue weighted by atomic mass is 9.84. The van der Waals surface area contributed by atoms with Crippen LogP contribution in [-0.2, 0) is 14.6 Å². The quantitative estimate of drug-likeness (QED) is 0.840. The van der Waals surface area contributed by atoms with E-state index in [0.717, 1.165) is 18.5 Å². The first kappa shape index (κ1) is 18.6. The number of amides is 1. The molecule has 7 heteroatoms. The lowest BCUT2D eigenvalue weighted by molar-refractivity contribution is -0.113. The van der Waals surface area contributed by atoms with Crippen LogP contribution in [0.2, 0.25) is 0 Å². The van der Waals surface area contributed by atoms with E-state index in [2.05, 4.69) is 27.6 Å². The molecule has 0 saturated heterocycles. The van der Waals surface area contributed by atoms with Gasteiger partial charge >= 0.3 is 0 Å². The molecule has 0 radical (unpaired) electrons. The van der Waals surface area contributed by atoms with Crippen molar-refractivity contribution in [3.8, 4) is 0 Å². The Morgan fingerprint density at radius 1 is 1.15 bits per heavy atom. The first-order valence-corrected chi connectivity index (χ1v) is 10.7. The summed E-state index contributed by atoms with van der Waals surface area (Å²) in [5, 5.41) is 9.02. The molecule has 0 aliphatic heterocycles. The van der Waals surface area contributed by atoms with Crippen LogP contribution in [0.5, 0.6) is 0 Å². The highest BCUT2D eigenvalue weighted by atomic mass is 32.2. The Morgan fingerprint density at radius 2 is 1.81 bits per heavy atom. The standard InChI is InChI=1S/C19H25N3O3S/c1-13-19(14(2)22-21-13)20-18(23)12-26(24,25)17-10-8-16(9-11-17)15-6-4-3-5-7-15/h3-7,16-17H,8-12H2,1-2H3,(H,20,23)(H,21,22). The number of aromatic nitrogens is 2. The highest BCUT2D eigenvalue weighted by Crippen LogP contribution is 2.35. The molecule has 0 spiro atoms. The van der Waals surface area contributed by atoms with Crippen molar-refractivity contribution in [1.82, 2.24) is 10.2 Å². The van der Waals surface area contributed by atoms with Crippen molar-refractivity contribution in [2.45, 2.75) is 50.7 Å². The van der Waals surface area contributed by atoms with E-state index >= 15 is 0 Å². The second-order valence-electron chi connectivity index (χ2n) is 7.05. The summed E-state index contributed by atoms with van der Waals surface area (Å²) in [5.41, 5.74) is 3.21. The van der Waals surface area contributed by atoms with Crippen LogP contribution in [0.1, 0.15) is 48.6 Å². The molecule has 6 nitrogen and oxygen atoms in total. The van der Waals surface area contributed by atoms with Gasteiger partial charge in [-0.15, -0.1) is 0 Å². The van der Waals surface area contributed by atoms with Crippen LogP contribution in [0.4, 0.5) is 5.69 Å². The SMILES string of the molecule is Cc1n[nH]c(C)c1NC(=O)CS(=O)(=O)C1CCC(c2ccccc2)CC1. The normalized spacial score (nSPS) is 20.7. The molecule has 1 aliphatic rings. The van der Waals surface area contributed by atoms with Gasteiger partial charge in [0, 0.05) is 0 Å². The van der Waals surface area contributed by atoms with Gasteiger partial charge in [-0.25, -0.2) is 8.42 Å². The number of carbonyl (C=O) groups excluding carboxylic acids is 1. The molecule has 1 fully saturated rings. The number of aromatic amines is 1. The molecular weight excluding hydrogens is 350 g/mol. The fourth-order valence-corrected chi connectivity index (χ4v) is 5.36. The minimum absolute atomic E-state index is 0.410. The van der Waals surface area contributed by atoms with Crippen molar-refractivity contribution in [3.63, 3.8) is 0 Å². The summed E-state index contributed by atoms with van der Waals surface area (Å²) in [6, 6.07) is 10.2. The number of nitrogens with one attached hydrogen (secondary N) is 2. The molecule has 1 aliphatic carbocycles. The van der Waals surface area contributed by atoms with E-state index in [1.807, 2.05) is 18.2 Å². The fourth-order valence-electron chi connectivity index (χ4n) is 3.69. The van der Waals surface area contributed by atoms with Gasteiger partial charge in [0.15, 0.2) is 9.84 Å². The first-order valence-electron chi connectivity index (χ1n) is 8.94. The zero-order valence-electron chi connectivity index (χ0n) is 15.2. The van der Waals surface area contributed by atoms with Crippen molar-refractivity contribution in [3.05, 3.63) is 47.3 Å². The molecular formula is C19H25N3O3S. The highest BCUT2D eigenvalue weighted by molar-refractivity contribution is 7.92. The van der Waals surface area contributed by atoms with Crippen LogP contribution < -0.4 is 5.32 Å². The van der Waals surface area contributed by atoms with E-state index in [1.165, 1.54) is 5.56 Å². The monoisotopic (exact) mass is 375 g/mol. The number of aryl methyl sites for hydroxylation is 2. The maximum atomic E-state index is 12.7. The van der Waals surface area contributed by atoms with Crippen LogP contribution in [0.15, 0.2) is 30.3 Å². The summed E-state index contributed by atoms with van der Waals surface area (Å²) < 4.78 is 25.3. The third kappa shape index (κ3) is 4.15. The average molecular weight is 375 g/mol. The van der Waals surface area contributed by atoms with Crippen molar-refractivity contribution >= 4 is 21.4 Å². The Hall–Kier alpha value is -2.15. The second kappa shape index (κ2) is 7.61. The Labute approximate surface area is 154 Å². The second-order valence-corrected chi connectivity index (χ2v) is 9.33. The Morgan fingerprint density at radius 3 is 2.38 bits per heavy atom. The van der Waals surface area contributed by atoms with Crippen LogP contribution >= 0.6 is 0 Å². The van der Waals surface area contributed by atoms with E-state index in [0.29, 0.717) is 30.1 Å². The number of hydrogen-bond acceptors (Lipinski definition) is 4. The lowest BCUT2D eigenvalue weighted by Gasteiger charge is -2.28. The zero-order valence-corrected chi connectivity index (χ0v) is 16.0. The summed E-state index contributed by atoms with van der Waals surface area (Å²) in [7, 11) is -3.46. The number of nitrogens with zero attached hydrogens (tertiary/aromatic N) is 1. The minimum Gasteiger partial charge on any atom is -0.322 e. The van der Waals surface area contributed by atoms with Crippen LogP contribution in [0.3, 0.4) is 0 Å². The molecule has 1 aromatic carbocycles. The highest BCUT2D eigenvalue weighted by Gasteiger charge is 2.33. The number of benzene rings is 1. The van der Waals surface area contributed by atoms with Crippen molar-refractivity contribution < 1.29 is 13.2 Å².